The molecule has 1 amide bonds. The van der Waals surface area contributed by atoms with Crippen LogP contribution in [-0.2, 0) is 14.8 Å². The fraction of sp³-hybridized carbons (Fsp3) is 0.440. The molecule has 8 nitrogen and oxygen atoms in total. The van der Waals surface area contributed by atoms with E-state index in [1.807, 2.05) is 17.0 Å². The minimum atomic E-state index is -3.72. The lowest BCUT2D eigenvalue weighted by atomic mass is 10.0. The SMILES string of the molecule is COc1ccc([C@H](CNC(=O)[C@@H]2CCCN2C2=NS(=O)(=O)c3ccccc32)N2CCCC2)cc1. The van der Waals surface area contributed by atoms with Crippen LogP contribution >= 0.6 is 0 Å². The number of carbonyl (C=O) groups excluding carboxylic acids is 1. The molecule has 0 saturated carbocycles. The lowest BCUT2D eigenvalue weighted by molar-refractivity contribution is -0.124. The Labute approximate surface area is 200 Å². The van der Waals surface area contributed by atoms with Gasteiger partial charge in [0, 0.05) is 18.7 Å². The van der Waals surface area contributed by atoms with Gasteiger partial charge in [-0.2, -0.15) is 8.42 Å². The fourth-order valence-corrected chi connectivity index (χ4v) is 6.46. The quantitative estimate of drug-likeness (QED) is 0.681. The van der Waals surface area contributed by atoms with E-state index in [9.17, 15) is 13.2 Å². The van der Waals surface area contributed by atoms with Gasteiger partial charge >= 0.3 is 0 Å². The van der Waals surface area contributed by atoms with Gasteiger partial charge < -0.3 is 15.0 Å². The van der Waals surface area contributed by atoms with Crippen LogP contribution < -0.4 is 10.1 Å². The number of amides is 1. The van der Waals surface area contributed by atoms with Crippen molar-refractivity contribution in [2.24, 2.45) is 4.40 Å². The van der Waals surface area contributed by atoms with Gasteiger partial charge in [0.15, 0.2) is 5.84 Å². The van der Waals surface area contributed by atoms with E-state index in [0.717, 1.165) is 43.7 Å². The summed E-state index contributed by atoms with van der Waals surface area (Å²) in [7, 11) is -2.07. The molecule has 3 heterocycles. The second-order valence-corrected chi connectivity index (χ2v) is 10.6. The Morgan fingerprint density at radius 3 is 2.56 bits per heavy atom. The zero-order chi connectivity index (χ0) is 23.7. The van der Waals surface area contributed by atoms with Crippen molar-refractivity contribution >= 4 is 21.8 Å². The standard InChI is InChI=1S/C25H30N4O4S/c1-33-19-12-10-18(11-13-19)22(28-14-4-5-15-28)17-26-25(30)21-8-6-16-29(21)24-20-7-2-3-9-23(20)34(31,32)27-24/h2-3,7,9-13,21-22H,4-6,8,14-17H2,1H3,(H,26,30)/t21-,22-/m0/s1. The molecular formula is C25H30N4O4S. The van der Waals surface area contributed by atoms with Crippen LogP contribution in [0.5, 0.6) is 5.75 Å². The fourth-order valence-electron chi connectivity index (χ4n) is 5.24. The number of benzene rings is 2. The molecule has 0 bridgehead atoms. The predicted molar refractivity (Wildman–Crippen MR) is 129 cm³/mol. The minimum absolute atomic E-state index is 0.0807. The van der Waals surface area contributed by atoms with Crippen LogP contribution in [0.15, 0.2) is 57.8 Å². The molecule has 0 aliphatic carbocycles. The zero-order valence-corrected chi connectivity index (χ0v) is 20.1. The molecule has 5 rings (SSSR count). The van der Waals surface area contributed by atoms with Gasteiger partial charge in [0.25, 0.3) is 10.0 Å². The molecule has 0 aromatic heterocycles. The first-order chi connectivity index (χ1) is 16.5. The summed E-state index contributed by atoms with van der Waals surface area (Å²) in [5.74, 6) is 1.11. The van der Waals surface area contributed by atoms with E-state index in [-0.39, 0.29) is 16.8 Å². The average Bonchev–Trinajstić information content (AvgIpc) is 3.60. The van der Waals surface area contributed by atoms with E-state index in [1.54, 1.807) is 31.4 Å². The molecule has 2 aromatic rings. The lowest BCUT2D eigenvalue weighted by Crippen LogP contribution is -2.48. The number of likely N-dealkylation sites (tertiary alicyclic amines) is 2. The Morgan fingerprint density at radius 2 is 1.82 bits per heavy atom. The predicted octanol–water partition coefficient (Wildman–Crippen LogP) is 2.56. The summed E-state index contributed by atoms with van der Waals surface area (Å²) >= 11 is 0. The normalized spacial score (nSPS) is 22.3. The molecule has 1 N–H and O–H groups in total. The number of nitrogens with one attached hydrogen (secondary N) is 1. The Kier molecular flexibility index (Phi) is 6.31. The first kappa shape index (κ1) is 22.9. The lowest BCUT2D eigenvalue weighted by Gasteiger charge is -2.30. The molecule has 180 valence electrons. The van der Waals surface area contributed by atoms with Crippen molar-refractivity contribution in [1.29, 1.82) is 0 Å². The number of hydrogen-bond acceptors (Lipinski definition) is 6. The molecule has 0 spiro atoms. The summed E-state index contributed by atoms with van der Waals surface area (Å²) in [6.45, 7) is 3.12. The van der Waals surface area contributed by atoms with Crippen LogP contribution in [-0.4, -0.2) is 69.3 Å². The van der Waals surface area contributed by atoms with Crippen LogP contribution in [0.2, 0.25) is 0 Å². The summed E-state index contributed by atoms with van der Waals surface area (Å²) in [5, 5.41) is 3.17. The highest BCUT2D eigenvalue weighted by atomic mass is 32.2. The maximum absolute atomic E-state index is 13.3. The van der Waals surface area contributed by atoms with Crippen molar-refractivity contribution in [3.05, 3.63) is 59.7 Å². The first-order valence-electron chi connectivity index (χ1n) is 11.8. The molecule has 0 radical (unpaired) electrons. The number of nitrogens with zero attached hydrogens (tertiary/aromatic N) is 3. The van der Waals surface area contributed by atoms with Crippen molar-refractivity contribution in [3.63, 3.8) is 0 Å². The topological polar surface area (TPSA) is 91.3 Å². The summed E-state index contributed by atoms with van der Waals surface area (Å²) in [5.41, 5.74) is 1.72. The van der Waals surface area contributed by atoms with Gasteiger partial charge in [-0.15, -0.1) is 4.40 Å². The Balaban J connectivity index is 1.33. The van der Waals surface area contributed by atoms with Crippen molar-refractivity contribution in [2.75, 3.05) is 33.3 Å². The molecule has 2 fully saturated rings. The second kappa shape index (κ2) is 9.38. The summed E-state index contributed by atoms with van der Waals surface area (Å²) in [6, 6.07) is 14.5. The van der Waals surface area contributed by atoms with Gasteiger partial charge in [-0.1, -0.05) is 24.3 Å². The first-order valence-corrected chi connectivity index (χ1v) is 13.3. The zero-order valence-electron chi connectivity index (χ0n) is 19.3. The number of methoxy groups -OCH3 is 1. The molecule has 9 heteroatoms. The van der Waals surface area contributed by atoms with Gasteiger partial charge in [-0.25, -0.2) is 0 Å². The molecular weight excluding hydrogens is 452 g/mol. The minimum Gasteiger partial charge on any atom is -0.497 e. The Bertz CT molecular complexity index is 1190. The summed E-state index contributed by atoms with van der Waals surface area (Å²) < 4.78 is 34.4. The van der Waals surface area contributed by atoms with Gasteiger partial charge in [0.1, 0.15) is 16.7 Å². The highest BCUT2D eigenvalue weighted by Gasteiger charge is 2.39. The smallest absolute Gasteiger partial charge is 0.285 e. The highest BCUT2D eigenvalue weighted by Crippen LogP contribution is 2.31. The number of rotatable bonds is 6. The van der Waals surface area contributed by atoms with Gasteiger partial charge in [0.05, 0.1) is 13.2 Å². The van der Waals surface area contributed by atoms with Crippen molar-refractivity contribution < 1.29 is 17.9 Å². The molecule has 2 atom stereocenters. The van der Waals surface area contributed by atoms with Crippen LogP contribution in [0.3, 0.4) is 0 Å². The molecule has 3 aliphatic heterocycles. The van der Waals surface area contributed by atoms with Crippen molar-refractivity contribution in [1.82, 2.24) is 15.1 Å². The second-order valence-electron chi connectivity index (χ2n) is 9.01. The molecule has 0 unspecified atom stereocenters. The van der Waals surface area contributed by atoms with E-state index in [1.165, 1.54) is 0 Å². The van der Waals surface area contributed by atoms with Crippen LogP contribution in [0.25, 0.3) is 0 Å². The maximum Gasteiger partial charge on any atom is 0.285 e. The number of amidine groups is 1. The third kappa shape index (κ3) is 4.30. The maximum atomic E-state index is 13.3. The Morgan fingerprint density at radius 1 is 1.09 bits per heavy atom. The van der Waals surface area contributed by atoms with Crippen LogP contribution in [0, 0.1) is 0 Å². The monoisotopic (exact) mass is 482 g/mol. The van der Waals surface area contributed by atoms with Gasteiger partial charge in [0.2, 0.25) is 5.91 Å². The van der Waals surface area contributed by atoms with E-state index in [0.29, 0.717) is 30.9 Å². The summed E-state index contributed by atoms with van der Waals surface area (Å²) in [6.07, 6.45) is 3.80. The molecule has 3 aliphatic rings. The number of fused-ring (bicyclic) bond motifs is 1. The number of hydrogen-bond donors (Lipinski definition) is 1. The molecule has 2 saturated heterocycles. The summed E-state index contributed by atoms with van der Waals surface area (Å²) in [4.78, 5) is 17.8. The van der Waals surface area contributed by atoms with E-state index in [4.69, 9.17) is 4.74 Å². The van der Waals surface area contributed by atoms with E-state index < -0.39 is 16.1 Å². The largest absolute Gasteiger partial charge is 0.497 e. The molecule has 34 heavy (non-hydrogen) atoms. The molecule has 2 aromatic carbocycles. The van der Waals surface area contributed by atoms with Crippen LogP contribution in [0.1, 0.15) is 42.9 Å². The van der Waals surface area contributed by atoms with Crippen molar-refractivity contribution in [2.45, 2.75) is 42.7 Å². The van der Waals surface area contributed by atoms with Gasteiger partial charge in [-0.05, 0) is 68.6 Å². The van der Waals surface area contributed by atoms with Crippen LogP contribution in [0.4, 0.5) is 0 Å². The van der Waals surface area contributed by atoms with Gasteiger partial charge in [-0.3, -0.25) is 9.69 Å². The number of ether oxygens (including phenoxy) is 1. The number of carbonyl (C=O) groups is 1. The van der Waals surface area contributed by atoms with E-state index in [2.05, 4.69) is 26.7 Å². The Hall–Kier alpha value is -2.91. The average molecular weight is 483 g/mol. The third-order valence-corrected chi connectivity index (χ3v) is 8.32. The van der Waals surface area contributed by atoms with E-state index >= 15 is 0 Å². The highest BCUT2D eigenvalue weighted by molar-refractivity contribution is 7.90. The van der Waals surface area contributed by atoms with Crippen molar-refractivity contribution in [3.8, 4) is 5.75 Å². The number of sulfonamides is 1. The third-order valence-electron chi connectivity index (χ3n) is 6.99.